The SMILES string of the molecule is CO[C@@H]1C[C@H]2[C@@H]3CCC[C@@]24c2c(ccc(C)c2O[C@H]4C1O)C3. The van der Waals surface area contributed by atoms with Crippen molar-refractivity contribution in [3.05, 3.63) is 28.8 Å². The van der Waals surface area contributed by atoms with Crippen LogP contribution in [0.5, 0.6) is 5.75 Å². The lowest BCUT2D eigenvalue weighted by Gasteiger charge is -2.57. The van der Waals surface area contributed by atoms with Crippen molar-refractivity contribution in [3.63, 3.8) is 0 Å². The van der Waals surface area contributed by atoms with Crippen molar-refractivity contribution in [3.8, 4) is 5.75 Å². The maximum Gasteiger partial charge on any atom is 0.137 e. The molecule has 0 radical (unpaired) electrons. The lowest BCUT2D eigenvalue weighted by Crippen LogP contribution is -2.64. The van der Waals surface area contributed by atoms with E-state index < -0.39 is 6.10 Å². The summed E-state index contributed by atoms with van der Waals surface area (Å²) in [5.74, 6) is 2.41. The van der Waals surface area contributed by atoms with E-state index in [2.05, 4.69) is 19.1 Å². The molecule has 3 aliphatic carbocycles. The van der Waals surface area contributed by atoms with Crippen molar-refractivity contribution in [2.45, 2.75) is 62.8 Å². The van der Waals surface area contributed by atoms with E-state index in [-0.39, 0.29) is 17.6 Å². The van der Waals surface area contributed by atoms with Crippen LogP contribution in [0.25, 0.3) is 0 Å². The lowest BCUT2D eigenvalue weighted by atomic mass is 9.47. The summed E-state index contributed by atoms with van der Waals surface area (Å²) in [6.07, 6.45) is 5.18. The zero-order chi connectivity index (χ0) is 15.1. The van der Waals surface area contributed by atoms with Gasteiger partial charge in [-0.15, -0.1) is 0 Å². The molecule has 3 heteroatoms. The number of benzene rings is 1. The number of ether oxygens (including phenoxy) is 2. The minimum Gasteiger partial charge on any atom is -0.486 e. The average Bonchev–Trinajstić information content (AvgIpc) is 2.85. The Hall–Kier alpha value is -1.06. The monoisotopic (exact) mass is 300 g/mol. The topological polar surface area (TPSA) is 38.7 Å². The highest BCUT2D eigenvalue weighted by Crippen LogP contribution is 2.65. The first-order valence-electron chi connectivity index (χ1n) is 8.67. The molecule has 2 fully saturated rings. The predicted molar refractivity (Wildman–Crippen MR) is 83.2 cm³/mol. The molecule has 3 nitrogen and oxygen atoms in total. The minimum atomic E-state index is -0.516. The number of aliphatic hydroxyl groups excluding tert-OH is 1. The van der Waals surface area contributed by atoms with Gasteiger partial charge in [0.05, 0.1) is 6.10 Å². The fraction of sp³-hybridized carbons (Fsp3) is 0.684. The number of aliphatic hydroxyl groups is 1. The molecule has 6 atom stereocenters. The van der Waals surface area contributed by atoms with E-state index in [4.69, 9.17) is 9.47 Å². The Morgan fingerprint density at radius 2 is 2.23 bits per heavy atom. The normalized spacial score (nSPS) is 44.4. The van der Waals surface area contributed by atoms with Crippen LogP contribution in [0.4, 0.5) is 0 Å². The van der Waals surface area contributed by atoms with Gasteiger partial charge in [-0.05, 0) is 55.6 Å². The Bertz CT molecular complexity index is 640. The Kier molecular flexibility index (Phi) is 2.60. The van der Waals surface area contributed by atoms with Gasteiger partial charge in [0.25, 0.3) is 0 Å². The molecular formula is C19H24O3. The van der Waals surface area contributed by atoms with Gasteiger partial charge >= 0.3 is 0 Å². The van der Waals surface area contributed by atoms with Crippen LogP contribution in [-0.2, 0) is 16.6 Å². The van der Waals surface area contributed by atoms with E-state index in [0.717, 1.165) is 24.5 Å². The van der Waals surface area contributed by atoms with Gasteiger partial charge < -0.3 is 14.6 Å². The molecule has 1 aromatic carbocycles. The lowest BCUT2D eigenvalue weighted by molar-refractivity contribution is -0.153. The van der Waals surface area contributed by atoms with Gasteiger partial charge in [0, 0.05) is 18.1 Å². The van der Waals surface area contributed by atoms with Crippen LogP contribution < -0.4 is 4.74 Å². The van der Waals surface area contributed by atoms with Gasteiger partial charge in [0.1, 0.15) is 18.0 Å². The summed E-state index contributed by atoms with van der Waals surface area (Å²) in [6, 6.07) is 4.50. The van der Waals surface area contributed by atoms with Crippen LogP contribution in [0.2, 0.25) is 0 Å². The van der Waals surface area contributed by atoms with Crippen molar-refractivity contribution in [2.24, 2.45) is 11.8 Å². The highest BCUT2D eigenvalue weighted by molar-refractivity contribution is 5.57. The third-order valence-electron chi connectivity index (χ3n) is 7.02. The Balaban J connectivity index is 1.77. The summed E-state index contributed by atoms with van der Waals surface area (Å²) in [7, 11) is 1.73. The van der Waals surface area contributed by atoms with E-state index >= 15 is 0 Å². The molecule has 1 unspecified atom stereocenters. The fourth-order valence-corrected chi connectivity index (χ4v) is 6.19. The first-order chi connectivity index (χ1) is 10.7. The molecule has 118 valence electrons. The molecule has 1 N–H and O–H groups in total. The largest absolute Gasteiger partial charge is 0.486 e. The van der Waals surface area contributed by atoms with Crippen LogP contribution in [0, 0.1) is 18.8 Å². The second-order valence-corrected chi connectivity index (χ2v) is 7.79. The first kappa shape index (κ1) is 13.4. The van der Waals surface area contributed by atoms with E-state index in [9.17, 15) is 5.11 Å². The predicted octanol–water partition coefficient (Wildman–Crippen LogP) is 2.75. The number of rotatable bonds is 1. The second-order valence-electron chi connectivity index (χ2n) is 7.79. The molecule has 1 spiro atoms. The molecule has 1 heterocycles. The molecule has 5 rings (SSSR count). The maximum absolute atomic E-state index is 10.9. The molecule has 4 aliphatic rings. The molecule has 1 aromatic rings. The maximum atomic E-state index is 10.9. The highest BCUT2D eigenvalue weighted by atomic mass is 16.5. The van der Waals surface area contributed by atoms with Crippen molar-refractivity contribution >= 4 is 0 Å². The molecule has 0 amide bonds. The molecule has 0 aromatic heterocycles. The van der Waals surface area contributed by atoms with Gasteiger partial charge in [-0.2, -0.15) is 0 Å². The van der Waals surface area contributed by atoms with Gasteiger partial charge in [-0.1, -0.05) is 18.6 Å². The van der Waals surface area contributed by atoms with E-state index in [0.29, 0.717) is 5.92 Å². The first-order valence-corrected chi connectivity index (χ1v) is 8.67. The summed E-state index contributed by atoms with van der Waals surface area (Å²) in [5.41, 5.74) is 4.19. The van der Waals surface area contributed by atoms with E-state index in [1.165, 1.54) is 36.0 Å². The zero-order valence-electron chi connectivity index (χ0n) is 13.3. The molecule has 2 bridgehead atoms. The van der Waals surface area contributed by atoms with Gasteiger partial charge in [0.2, 0.25) is 0 Å². The van der Waals surface area contributed by atoms with Crippen molar-refractivity contribution in [1.82, 2.24) is 0 Å². The average molecular weight is 300 g/mol. The smallest absolute Gasteiger partial charge is 0.137 e. The molecular weight excluding hydrogens is 276 g/mol. The number of hydrogen-bond donors (Lipinski definition) is 1. The van der Waals surface area contributed by atoms with Gasteiger partial charge in [-0.3, -0.25) is 0 Å². The third kappa shape index (κ3) is 1.36. The molecule has 2 saturated carbocycles. The van der Waals surface area contributed by atoms with Crippen molar-refractivity contribution in [2.75, 3.05) is 7.11 Å². The summed E-state index contributed by atoms with van der Waals surface area (Å²) in [4.78, 5) is 0. The van der Waals surface area contributed by atoms with Crippen molar-refractivity contribution in [1.29, 1.82) is 0 Å². The minimum absolute atomic E-state index is 0.0479. The fourth-order valence-electron chi connectivity index (χ4n) is 6.19. The van der Waals surface area contributed by atoms with Crippen LogP contribution in [0.1, 0.15) is 42.4 Å². The molecule has 0 saturated heterocycles. The zero-order valence-corrected chi connectivity index (χ0v) is 13.3. The quantitative estimate of drug-likeness (QED) is 0.867. The molecule has 22 heavy (non-hydrogen) atoms. The number of hydrogen-bond acceptors (Lipinski definition) is 3. The van der Waals surface area contributed by atoms with Gasteiger partial charge in [0.15, 0.2) is 0 Å². The Labute approximate surface area is 131 Å². The van der Waals surface area contributed by atoms with Crippen LogP contribution in [-0.4, -0.2) is 30.5 Å². The van der Waals surface area contributed by atoms with Crippen LogP contribution in [0.3, 0.4) is 0 Å². The number of aryl methyl sites for hydroxylation is 1. The summed E-state index contributed by atoms with van der Waals surface area (Å²) in [6.45, 7) is 2.13. The van der Waals surface area contributed by atoms with Gasteiger partial charge in [-0.25, -0.2) is 0 Å². The summed E-state index contributed by atoms with van der Waals surface area (Å²) in [5, 5.41) is 10.9. The third-order valence-corrected chi connectivity index (χ3v) is 7.02. The highest BCUT2D eigenvalue weighted by Gasteiger charge is 2.66. The Morgan fingerprint density at radius 3 is 3.05 bits per heavy atom. The van der Waals surface area contributed by atoms with Crippen molar-refractivity contribution < 1.29 is 14.6 Å². The standard InChI is InChI=1S/C19H24O3/c1-10-5-6-12-8-11-4-3-7-19-13(11)9-14(21-2)16(20)18(19)22-17(10)15(12)19/h5-6,11,13-14,16,18,20H,3-4,7-9H2,1-2H3/t11-,13+,14-,16?,18+,19+/m1/s1. The van der Waals surface area contributed by atoms with E-state index in [1.807, 2.05) is 0 Å². The summed E-state index contributed by atoms with van der Waals surface area (Å²) >= 11 is 0. The van der Waals surface area contributed by atoms with Crippen LogP contribution in [0.15, 0.2) is 12.1 Å². The molecule has 1 aliphatic heterocycles. The Morgan fingerprint density at radius 1 is 1.36 bits per heavy atom. The summed E-state index contributed by atoms with van der Waals surface area (Å²) < 4.78 is 12.0. The van der Waals surface area contributed by atoms with E-state index in [1.54, 1.807) is 7.11 Å². The second kappa shape index (κ2) is 4.27. The van der Waals surface area contributed by atoms with Crippen LogP contribution >= 0.6 is 0 Å². The number of methoxy groups -OCH3 is 1.